The molecule has 0 aliphatic heterocycles. The van der Waals surface area contributed by atoms with E-state index >= 15 is 0 Å². The molecular weight excluding hydrogens is 250 g/mol. The Balaban J connectivity index is 1.84. The van der Waals surface area contributed by atoms with E-state index in [0.717, 1.165) is 18.1 Å². The Labute approximate surface area is 109 Å². The van der Waals surface area contributed by atoms with Crippen LogP contribution in [0.2, 0.25) is 0 Å². The molecule has 0 bridgehead atoms. The molecule has 0 atom stereocenters. The van der Waals surface area contributed by atoms with Gasteiger partial charge < -0.3 is 10.1 Å². The normalized spacial score (nSPS) is 10.1. The minimum absolute atomic E-state index is 0.342. The molecule has 1 N–H and O–H groups in total. The number of esters is 1. The fourth-order valence-corrected chi connectivity index (χ4v) is 2.13. The zero-order chi connectivity index (χ0) is 12.8. The number of pyridine rings is 1. The first-order chi connectivity index (χ1) is 8.79. The predicted octanol–water partition coefficient (Wildman–Crippen LogP) is 1.98. The molecule has 18 heavy (non-hydrogen) atoms. The van der Waals surface area contributed by atoms with Crippen LogP contribution in [-0.2, 0) is 11.2 Å². The molecule has 0 unspecified atom stereocenters. The second kappa shape index (κ2) is 6.11. The van der Waals surface area contributed by atoms with Crippen molar-refractivity contribution < 1.29 is 9.53 Å². The lowest BCUT2D eigenvalue weighted by atomic mass is 10.2. The highest BCUT2D eigenvalue weighted by molar-refractivity contribution is 7.13. The van der Waals surface area contributed by atoms with Gasteiger partial charge in [0.25, 0.3) is 0 Å². The smallest absolute Gasteiger partial charge is 0.357 e. The number of rotatable bonds is 5. The zero-order valence-corrected chi connectivity index (χ0v) is 10.7. The van der Waals surface area contributed by atoms with Gasteiger partial charge in [0.1, 0.15) is 0 Å². The third-order valence-electron chi connectivity index (χ3n) is 2.34. The summed E-state index contributed by atoms with van der Waals surface area (Å²) in [5, 5.41) is 5.58. The summed E-state index contributed by atoms with van der Waals surface area (Å²) >= 11 is 1.39. The number of methoxy groups -OCH3 is 1. The molecule has 0 spiro atoms. The van der Waals surface area contributed by atoms with Crippen molar-refractivity contribution in [3.63, 3.8) is 0 Å². The molecule has 0 saturated carbocycles. The molecule has 0 saturated heterocycles. The van der Waals surface area contributed by atoms with Crippen LogP contribution in [0.25, 0.3) is 0 Å². The summed E-state index contributed by atoms with van der Waals surface area (Å²) in [4.78, 5) is 19.3. The molecule has 0 aromatic carbocycles. The number of anilines is 1. The van der Waals surface area contributed by atoms with E-state index in [4.69, 9.17) is 0 Å². The van der Waals surface area contributed by atoms with E-state index in [1.54, 1.807) is 17.8 Å². The first-order valence-corrected chi connectivity index (χ1v) is 6.34. The Morgan fingerprint density at radius 3 is 2.94 bits per heavy atom. The maximum absolute atomic E-state index is 11.2. The summed E-state index contributed by atoms with van der Waals surface area (Å²) in [5.41, 5.74) is 1.55. The average molecular weight is 263 g/mol. The van der Waals surface area contributed by atoms with Gasteiger partial charge >= 0.3 is 5.97 Å². The van der Waals surface area contributed by atoms with E-state index in [2.05, 4.69) is 20.0 Å². The largest absolute Gasteiger partial charge is 0.464 e. The molecule has 0 aliphatic rings. The SMILES string of the molecule is COC(=O)c1csc(NCCc2ccncc2)n1. The monoisotopic (exact) mass is 263 g/mol. The number of hydrogen-bond donors (Lipinski definition) is 1. The molecule has 0 aliphatic carbocycles. The lowest BCUT2D eigenvalue weighted by molar-refractivity contribution is 0.0595. The van der Waals surface area contributed by atoms with Gasteiger partial charge in [0.2, 0.25) is 0 Å². The number of carbonyl (C=O) groups excluding carboxylic acids is 1. The Bertz CT molecular complexity index is 513. The fraction of sp³-hybridized carbons (Fsp3) is 0.250. The predicted molar refractivity (Wildman–Crippen MR) is 69.9 cm³/mol. The quantitative estimate of drug-likeness (QED) is 0.836. The van der Waals surface area contributed by atoms with Crippen molar-refractivity contribution >= 4 is 22.4 Å². The van der Waals surface area contributed by atoms with Crippen LogP contribution >= 0.6 is 11.3 Å². The molecule has 5 nitrogen and oxygen atoms in total. The van der Waals surface area contributed by atoms with Gasteiger partial charge in [-0.15, -0.1) is 11.3 Å². The van der Waals surface area contributed by atoms with Crippen LogP contribution in [0.5, 0.6) is 0 Å². The second-order valence-corrected chi connectivity index (χ2v) is 4.42. The molecule has 2 heterocycles. The minimum Gasteiger partial charge on any atom is -0.464 e. The zero-order valence-electron chi connectivity index (χ0n) is 9.92. The van der Waals surface area contributed by atoms with Gasteiger partial charge in [-0.3, -0.25) is 4.98 Å². The van der Waals surface area contributed by atoms with Crippen molar-refractivity contribution in [1.29, 1.82) is 0 Å². The van der Waals surface area contributed by atoms with Crippen molar-refractivity contribution in [2.45, 2.75) is 6.42 Å². The molecule has 2 aromatic rings. The number of thiazole rings is 1. The summed E-state index contributed by atoms with van der Waals surface area (Å²) in [5.74, 6) is -0.409. The van der Waals surface area contributed by atoms with Gasteiger partial charge in [-0.2, -0.15) is 0 Å². The van der Waals surface area contributed by atoms with Crippen LogP contribution in [0.1, 0.15) is 16.1 Å². The van der Waals surface area contributed by atoms with Crippen LogP contribution in [0.3, 0.4) is 0 Å². The number of ether oxygens (including phenoxy) is 1. The number of nitrogens with one attached hydrogen (secondary N) is 1. The third-order valence-corrected chi connectivity index (χ3v) is 3.14. The lowest BCUT2D eigenvalue weighted by Gasteiger charge is -2.02. The maximum atomic E-state index is 11.2. The minimum atomic E-state index is -0.409. The van der Waals surface area contributed by atoms with E-state index in [-0.39, 0.29) is 0 Å². The van der Waals surface area contributed by atoms with Gasteiger partial charge in [0.05, 0.1) is 7.11 Å². The first-order valence-electron chi connectivity index (χ1n) is 5.46. The van der Waals surface area contributed by atoms with Gasteiger partial charge in [0.15, 0.2) is 10.8 Å². The van der Waals surface area contributed by atoms with Gasteiger partial charge in [0, 0.05) is 24.3 Å². The molecular formula is C12H13N3O2S. The van der Waals surface area contributed by atoms with Crippen LogP contribution in [0.15, 0.2) is 29.9 Å². The highest BCUT2D eigenvalue weighted by atomic mass is 32.1. The summed E-state index contributed by atoms with van der Waals surface area (Å²) in [7, 11) is 1.35. The molecule has 0 amide bonds. The standard InChI is InChI=1S/C12H13N3O2S/c1-17-11(16)10-8-18-12(15-10)14-7-4-9-2-5-13-6-3-9/h2-3,5-6,8H,4,7H2,1H3,(H,14,15). The number of aromatic nitrogens is 2. The molecule has 6 heteroatoms. The Kier molecular flexibility index (Phi) is 4.25. The lowest BCUT2D eigenvalue weighted by Crippen LogP contribution is -2.06. The molecule has 0 fully saturated rings. The number of nitrogens with zero attached hydrogens (tertiary/aromatic N) is 2. The van der Waals surface area contributed by atoms with E-state index in [0.29, 0.717) is 5.69 Å². The van der Waals surface area contributed by atoms with E-state index < -0.39 is 5.97 Å². The Morgan fingerprint density at radius 2 is 2.22 bits per heavy atom. The molecule has 2 aromatic heterocycles. The summed E-state index contributed by atoms with van der Waals surface area (Å²) < 4.78 is 4.59. The van der Waals surface area contributed by atoms with Crippen LogP contribution in [0.4, 0.5) is 5.13 Å². The summed E-state index contributed by atoms with van der Waals surface area (Å²) in [6.45, 7) is 0.762. The first kappa shape index (κ1) is 12.5. The Morgan fingerprint density at radius 1 is 1.44 bits per heavy atom. The van der Waals surface area contributed by atoms with Crippen LogP contribution in [-0.4, -0.2) is 29.6 Å². The molecule has 0 radical (unpaired) electrons. The van der Waals surface area contributed by atoms with E-state index in [1.807, 2.05) is 12.1 Å². The summed E-state index contributed by atoms with van der Waals surface area (Å²) in [6.07, 6.45) is 4.43. The van der Waals surface area contributed by atoms with Gasteiger partial charge in [-0.1, -0.05) is 0 Å². The van der Waals surface area contributed by atoms with Crippen molar-refractivity contribution in [3.8, 4) is 0 Å². The topological polar surface area (TPSA) is 64.1 Å². The Hall–Kier alpha value is -1.95. The van der Waals surface area contributed by atoms with Gasteiger partial charge in [-0.25, -0.2) is 9.78 Å². The van der Waals surface area contributed by atoms with Crippen molar-refractivity contribution in [2.24, 2.45) is 0 Å². The highest BCUT2D eigenvalue weighted by Crippen LogP contribution is 2.15. The molecule has 94 valence electrons. The number of hydrogen-bond acceptors (Lipinski definition) is 6. The van der Waals surface area contributed by atoms with Crippen LogP contribution < -0.4 is 5.32 Å². The van der Waals surface area contributed by atoms with E-state index in [9.17, 15) is 4.79 Å². The van der Waals surface area contributed by atoms with Crippen molar-refractivity contribution in [2.75, 3.05) is 19.0 Å². The molecule has 2 rings (SSSR count). The van der Waals surface area contributed by atoms with Crippen LogP contribution in [0, 0.1) is 0 Å². The number of carbonyl (C=O) groups is 1. The van der Waals surface area contributed by atoms with Crippen molar-refractivity contribution in [1.82, 2.24) is 9.97 Å². The highest BCUT2D eigenvalue weighted by Gasteiger charge is 2.09. The van der Waals surface area contributed by atoms with Crippen molar-refractivity contribution in [3.05, 3.63) is 41.2 Å². The fourth-order valence-electron chi connectivity index (χ4n) is 1.42. The van der Waals surface area contributed by atoms with Gasteiger partial charge in [-0.05, 0) is 24.1 Å². The van der Waals surface area contributed by atoms with E-state index in [1.165, 1.54) is 24.0 Å². The average Bonchev–Trinajstić information content (AvgIpc) is 2.88. The maximum Gasteiger partial charge on any atom is 0.357 e. The third kappa shape index (κ3) is 3.27. The second-order valence-electron chi connectivity index (χ2n) is 3.56. The summed E-state index contributed by atoms with van der Waals surface area (Å²) in [6, 6.07) is 3.95.